The van der Waals surface area contributed by atoms with Crippen LogP contribution in [0.1, 0.15) is 58.1 Å². The molecule has 2 heterocycles. The smallest absolute Gasteiger partial charge is 0.410 e. The first-order chi connectivity index (χ1) is 14.6. The second-order valence-corrected chi connectivity index (χ2v) is 10.7. The zero-order valence-electron chi connectivity index (χ0n) is 18.9. The molecule has 2 aliphatic rings. The van der Waals surface area contributed by atoms with Crippen molar-refractivity contribution in [3.05, 3.63) is 17.8 Å². The predicted octanol–water partition coefficient (Wildman–Crippen LogP) is 3.51. The molecule has 0 aromatic carbocycles. The number of carbonyl (C=O) groups is 1. The first-order valence-corrected chi connectivity index (χ1v) is 13.0. The molecule has 8 nitrogen and oxygen atoms in total. The Bertz CT molecular complexity index is 857. The van der Waals surface area contributed by atoms with Crippen molar-refractivity contribution in [1.29, 1.82) is 0 Å². The Hall–Kier alpha value is -1.87. The molecule has 0 unspecified atom stereocenters. The summed E-state index contributed by atoms with van der Waals surface area (Å²) in [4.78, 5) is 17.9. The first-order valence-electron chi connectivity index (χ1n) is 11.1. The average molecular weight is 455 g/mol. The lowest BCUT2D eigenvalue weighted by atomic mass is 9.94. The Labute approximate surface area is 185 Å². The fraction of sp³-hybridized carbons (Fsp3) is 0.727. The number of sulfone groups is 1. The lowest BCUT2D eigenvalue weighted by Crippen LogP contribution is -2.43. The van der Waals surface area contributed by atoms with Crippen molar-refractivity contribution in [1.82, 2.24) is 9.88 Å². The Balaban J connectivity index is 1.41. The fourth-order valence-electron chi connectivity index (χ4n) is 4.04. The van der Waals surface area contributed by atoms with Crippen molar-refractivity contribution in [2.45, 2.75) is 88.7 Å². The first kappa shape index (κ1) is 23.8. The van der Waals surface area contributed by atoms with Gasteiger partial charge in [0, 0.05) is 19.3 Å². The van der Waals surface area contributed by atoms with Crippen LogP contribution in [0.4, 0.5) is 4.79 Å². The van der Waals surface area contributed by atoms with E-state index in [2.05, 4.69) is 4.98 Å². The summed E-state index contributed by atoms with van der Waals surface area (Å²) < 4.78 is 40.9. The van der Waals surface area contributed by atoms with Gasteiger partial charge in [-0.1, -0.05) is 0 Å². The van der Waals surface area contributed by atoms with Gasteiger partial charge in [0.25, 0.3) is 0 Å². The highest BCUT2D eigenvalue weighted by atomic mass is 32.2. The van der Waals surface area contributed by atoms with Gasteiger partial charge in [0.15, 0.2) is 14.9 Å². The number of likely N-dealkylation sites (tertiary alicyclic amines) is 1. The molecule has 1 aliphatic carbocycles. The van der Waals surface area contributed by atoms with Crippen LogP contribution in [0, 0.1) is 6.92 Å². The van der Waals surface area contributed by atoms with E-state index in [1.165, 1.54) is 6.07 Å². The maximum Gasteiger partial charge on any atom is 0.410 e. The van der Waals surface area contributed by atoms with Crippen molar-refractivity contribution < 1.29 is 27.4 Å². The molecule has 0 radical (unpaired) electrons. The molecule has 1 saturated carbocycles. The van der Waals surface area contributed by atoms with E-state index < -0.39 is 9.84 Å². The number of aryl methyl sites for hydroxylation is 1. The number of rotatable bonds is 6. The van der Waals surface area contributed by atoms with Crippen LogP contribution >= 0.6 is 0 Å². The van der Waals surface area contributed by atoms with E-state index in [0.29, 0.717) is 24.5 Å². The van der Waals surface area contributed by atoms with Crippen LogP contribution in [-0.2, 0) is 19.3 Å². The van der Waals surface area contributed by atoms with Gasteiger partial charge < -0.3 is 19.1 Å². The SMILES string of the molecule is Cc1nc(S(C)(=O)=O)ccc1O[C@H]1CC[C@H](OC2CCN(C(=O)OC(C)C)CC2)CC1. The highest BCUT2D eigenvalue weighted by Gasteiger charge is 2.29. The number of carbonyl (C=O) groups excluding carboxylic acids is 1. The van der Waals surface area contributed by atoms with E-state index in [1.54, 1.807) is 17.9 Å². The molecule has 3 rings (SSSR count). The molecule has 1 saturated heterocycles. The van der Waals surface area contributed by atoms with Crippen LogP contribution in [0.2, 0.25) is 0 Å². The summed E-state index contributed by atoms with van der Waals surface area (Å²) in [6, 6.07) is 3.19. The largest absolute Gasteiger partial charge is 0.489 e. The minimum atomic E-state index is -3.32. The van der Waals surface area contributed by atoms with Crippen molar-refractivity contribution in [2.75, 3.05) is 19.3 Å². The molecule has 9 heteroatoms. The summed E-state index contributed by atoms with van der Waals surface area (Å²) in [7, 11) is -3.32. The normalized spacial score (nSPS) is 23.1. The van der Waals surface area contributed by atoms with Crippen molar-refractivity contribution in [3.8, 4) is 5.75 Å². The monoisotopic (exact) mass is 454 g/mol. The Kier molecular flexibility index (Phi) is 7.80. The maximum absolute atomic E-state index is 12.0. The average Bonchev–Trinajstić information content (AvgIpc) is 2.70. The van der Waals surface area contributed by atoms with Crippen LogP contribution in [0.3, 0.4) is 0 Å². The van der Waals surface area contributed by atoms with Crippen LogP contribution in [0.25, 0.3) is 0 Å². The number of nitrogens with zero attached hydrogens (tertiary/aromatic N) is 2. The summed E-state index contributed by atoms with van der Waals surface area (Å²) in [5.41, 5.74) is 0.587. The predicted molar refractivity (Wildman–Crippen MR) is 116 cm³/mol. The summed E-state index contributed by atoms with van der Waals surface area (Å²) in [6.07, 6.45) is 6.58. The van der Waals surface area contributed by atoms with Gasteiger partial charge in [0.2, 0.25) is 0 Å². The lowest BCUT2D eigenvalue weighted by Gasteiger charge is -2.36. The fourth-order valence-corrected chi connectivity index (χ4v) is 4.66. The lowest BCUT2D eigenvalue weighted by molar-refractivity contribution is -0.0657. The van der Waals surface area contributed by atoms with Crippen molar-refractivity contribution in [2.24, 2.45) is 0 Å². The highest BCUT2D eigenvalue weighted by molar-refractivity contribution is 7.90. The van der Waals surface area contributed by atoms with Gasteiger partial charge in [0.05, 0.1) is 30.1 Å². The molecule has 1 aromatic rings. The summed E-state index contributed by atoms with van der Waals surface area (Å²) in [6.45, 7) is 6.82. The van der Waals surface area contributed by atoms with E-state index in [4.69, 9.17) is 14.2 Å². The maximum atomic E-state index is 12.0. The number of ether oxygens (including phenoxy) is 3. The number of piperidine rings is 1. The number of amides is 1. The highest BCUT2D eigenvalue weighted by Crippen LogP contribution is 2.29. The van der Waals surface area contributed by atoms with E-state index in [-0.39, 0.29) is 35.5 Å². The number of hydrogen-bond acceptors (Lipinski definition) is 7. The molecule has 174 valence electrons. The van der Waals surface area contributed by atoms with Crippen molar-refractivity contribution in [3.63, 3.8) is 0 Å². The van der Waals surface area contributed by atoms with E-state index in [0.717, 1.165) is 44.8 Å². The molecule has 31 heavy (non-hydrogen) atoms. The van der Waals surface area contributed by atoms with Crippen LogP contribution in [0.15, 0.2) is 17.2 Å². The molecular weight excluding hydrogens is 420 g/mol. The quantitative estimate of drug-likeness (QED) is 0.649. The van der Waals surface area contributed by atoms with Gasteiger partial charge in [-0.25, -0.2) is 18.2 Å². The second-order valence-electron chi connectivity index (χ2n) is 8.78. The standard InChI is InChI=1S/C22H34N2O6S/c1-15(2)28-22(25)24-13-11-19(12-14-24)29-17-5-7-18(8-6-17)30-20-9-10-21(23-16(20)3)31(4,26)27/h9-10,15,17-19H,5-8,11-14H2,1-4H3/t17-,18-. The molecular formula is C22H34N2O6S. The number of aromatic nitrogens is 1. The zero-order valence-corrected chi connectivity index (χ0v) is 19.7. The van der Waals surface area contributed by atoms with Gasteiger partial charge >= 0.3 is 6.09 Å². The molecule has 1 aromatic heterocycles. The molecule has 2 fully saturated rings. The summed E-state index contributed by atoms with van der Waals surface area (Å²) in [5, 5.41) is 0.0676. The van der Waals surface area contributed by atoms with Gasteiger partial charge in [-0.05, 0) is 71.4 Å². The Morgan fingerprint density at radius 2 is 1.61 bits per heavy atom. The number of hydrogen-bond donors (Lipinski definition) is 0. The molecule has 0 spiro atoms. The molecule has 0 atom stereocenters. The molecule has 1 amide bonds. The third-order valence-corrected chi connectivity index (χ3v) is 6.72. The second kappa shape index (κ2) is 10.2. The van der Waals surface area contributed by atoms with Gasteiger partial charge in [-0.3, -0.25) is 0 Å². The zero-order chi connectivity index (χ0) is 22.6. The minimum absolute atomic E-state index is 0.0676. The van der Waals surface area contributed by atoms with Gasteiger partial charge in [0.1, 0.15) is 5.75 Å². The van der Waals surface area contributed by atoms with Crippen LogP contribution in [0.5, 0.6) is 5.75 Å². The third kappa shape index (κ3) is 6.80. The summed E-state index contributed by atoms with van der Waals surface area (Å²) in [5.74, 6) is 0.637. The van der Waals surface area contributed by atoms with Crippen molar-refractivity contribution >= 4 is 15.9 Å². The van der Waals surface area contributed by atoms with E-state index >= 15 is 0 Å². The Morgan fingerprint density at radius 1 is 1.03 bits per heavy atom. The van der Waals surface area contributed by atoms with Gasteiger partial charge in [-0.15, -0.1) is 0 Å². The van der Waals surface area contributed by atoms with Gasteiger partial charge in [-0.2, -0.15) is 0 Å². The molecule has 0 N–H and O–H groups in total. The molecule has 1 aliphatic heterocycles. The topological polar surface area (TPSA) is 95.0 Å². The number of pyridine rings is 1. The Morgan fingerprint density at radius 3 is 2.16 bits per heavy atom. The van der Waals surface area contributed by atoms with E-state index in [9.17, 15) is 13.2 Å². The third-order valence-electron chi connectivity index (χ3n) is 5.73. The van der Waals surface area contributed by atoms with Crippen LogP contribution < -0.4 is 4.74 Å². The minimum Gasteiger partial charge on any atom is -0.489 e. The summed E-state index contributed by atoms with van der Waals surface area (Å²) >= 11 is 0. The molecule has 0 bridgehead atoms. The van der Waals surface area contributed by atoms with Crippen LogP contribution in [-0.4, -0.2) is 68.2 Å². The van der Waals surface area contributed by atoms with E-state index in [1.807, 2.05) is 13.8 Å².